The van der Waals surface area contributed by atoms with E-state index in [9.17, 15) is 4.79 Å². The van der Waals surface area contributed by atoms with Crippen molar-refractivity contribution in [3.63, 3.8) is 0 Å². The average molecular weight is 372 g/mol. The Morgan fingerprint density at radius 1 is 1.42 bits per heavy atom. The lowest BCUT2D eigenvalue weighted by Crippen LogP contribution is -2.29. The molecule has 100 valence electrons. The number of hydrogen-bond donors (Lipinski definition) is 2. The van der Waals surface area contributed by atoms with E-state index in [2.05, 4.69) is 22.6 Å². The van der Waals surface area contributed by atoms with Gasteiger partial charge < -0.3 is 9.15 Å². The summed E-state index contributed by atoms with van der Waals surface area (Å²) >= 11 is 2.23. The first-order valence-corrected chi connectivity index (χ1v) is 6.66. The Balaban J connectivity index is 2.05. The fraction of sp³-hybridized carbons (Fsp3) is 0.154. The van der Waals surface area contributed by atoms with Crippen molar-refractivity contribution in [3.8, 4) is 5.75 Å². The summed E-state index contributed by atoms with van der Waals surface area (Å²) < 4.78 is 12.1. The molecule has 0 aliphatic heterocycles. The molecule has 0 unspecified atom stereocenters. The molecule has 3 N–H and O–H groups in total. The van der Waals surface area contributed by atoms with E-state index in [0.717, 1.165) is 14.9 Å². The highest BCUT2D eigenvalue weighted by Gasteiger charge is 2.13. The number of ether oxygens (including phenoxy) is 1. The number of benzene rings is 1. The predicted octanol–water partition coefficient (Wildman–Crippen LogP) is 2.38. The van der Waals surface area contributed by atoms with Gasteiger partial charge in [0.2, 0.25) is 0 Å². The van der Waals surface area contributed by atoms with E-state index < -0.39 is 5.91 Å². The van der Waals surface area contributed by atoms with Crippen LogP contribution in [0.25, 0.3) is 0 Å². The monoisotopic (exact) mass is 372 g/mol. The number of aryl methyl sites for hydroxylation is 1. The first kappa shape index (κ1) is 13.9. The molecule has 1 aromatic carbocycles. The minimum absolute atomic E-state index is 0.182. The van der Waals surface area contributed by atoms with E-state index >= 15 is 0 Å². The molecule has 0 radical (unpaired) electrons. The Hall–Kier alpha value is -1.54. The summed E-state index contributed by atoms with van der Waals surface area (Å²) in [7, 11) is 0. The molecule has 2 aromatic rings. The lowest BCUT2D eigenvalue weighted by Gasteiger charge is -2.04. The van der Waals surface area contributed by atoms with Crippen LogP contribution in [0, 0.1) is 10.5 Å². The summed E-state index contributed by atoms with van der Waals surface area (Å²) in [6.45, 7) is 2.12. The van der Waals surface area contributed by atoms with Crippen molar-refractivity contribution in [2.24, 2.45) is 5.84 Å². The summed E-state index contributed by atoms with van der Waals surface area (Å²) in [6.07, 6.45) is 0. The third-order valence-corrected chi connectivity index (χ3v) is 3.30. The zero-order valence-corrected chi connectivity index (χ0v) is 12.4. The molecule has 5 nitrogen and oxygen atoms in total. The number of furan rings is 1. The van der Waals surface area contributed by atoms with Gasteiger partial charge in [-0.15, -0.1) is 0 Å². The quantitative estimate of drug-likeness (QED) is 0.374. The third-order valence-electron chi connectivity index (χ3n) is 2.58. The Bertz CT molecular complexity index is 578. The number of nitrogens with two attached hydrogens (primary N) is 1. The van der Waals surface area contributed by atoms with Gasteiger partial charge in [-0.1, -0.05) is 0 Å². The molecule has 6 heteroatoms. The molecule has 0 atom stereocenters. The summed E-state index contributed by atoms with van der Waals surface area (Å²) in [4.78, 5) is 11.3. The molecule has 0 fully saturated rings. The van der Waals surface area contributed by atoms with Crippen LogP contribution in [-0.4, -0.2) is 5.91 Å². The number of carbonyl (C=O) groups excluding carboxylic acids is 1. The van der Waals surface area contributed by atoms with Crippen molar-refractivity contribution >= 4 is 28.5 Å². The standard InChI is InChI=1S/C13H13IN2O3/c1-8-9(6-12(19-8)13(17)16-15)7-18-11-4-2-10(14)3-5-11/h2-6H,7,15H2,1H3,(H,16,17). The number of rotatable bonds is 4. The maximum Gasteiger partial charge on any atom is 0.300 e. The van der Waals surface area contributed by atoms with Gasteiger partial charge in [-0.25, -0.2) is 5.84 Å². The summed E-state index contributed by atoms with van der Waals surface area (Å²) in [5, 5.41) is 0. The second-order valence-corrected chi connectivity index (χ2v) is 5.15. The van der Waals surface area contributed by atoms with Crippen molar-refractivity contribution in [2.75, 3.05) is 0 Å². The molecule has 0 bridgehead atoms. The second-order valence-electron chi connectivity index (χ2n) is 3.91. The van der Waals surface area contributed by atoms with E-state index in [4.69, 9.17) is 15.0 Å². The van der Waals surface area contributed by atoms with Gasteiger partial charge in [-0.2, -0.15) is 0 Å². The van der Waals surface area contributed by atoms with Crippen LogP contribution in [0.4, 0.5) is 0 Å². The Morgan fingerprint density at radius 3 is 2.74 bits per heavy atom. The van der Waals surface area contributed by atoms with Crippen LogP contribution in [-0.2, 0) is 6.61 Å². The topological polar surface area (TPSA) is 77.5 Å². The van der Waals surface area contributed by atoms with E-state index in [1.807, 2.05) is 29.7 Å². The van der Waals surface area contributed by atoms with Crippen LogP contribution in [0.5, 0.6) is 5.75 Å². The highest BCUT2D eigenvalue weighted by atomic mass is 127. The van der Waals surface area contributed by atoms with E-state index in [1.54, 1.807) is 13.0 Å². The van der Waals surface area contributed by atoms with Gasteiger partial charge in [-0.05, 0) is 59.8 Å². The van der Waals surface area contributed by atoms with E-state index in [1.165, 1.54) is 0 Å². The number of hydrazine groups is 1. The largest absolute Gasteiger partial charge is 0.489 e. The SMILES string of the molecule is Cc1oc(C(=O)NN)cc1COc1ccc(I)cc1. The number of hydrogen-bond acceptors (Lipinski definition) is 4. The number of nitrogens with one attached hydrogen (secondary N) is 1. The number of carbonyl (C=O) groups is 1. The summed E-state index contributed by atoms with van der Waals surface area (Å²) in [5.74, 6) is 6.19. The van der Waals surface area contributed by atoms with E-state index in [0.29, 0.717) is 12.4 Å². The minimum Gasteiger partial charge on any atom is -0.489 e. The molecule has 2 rings (SSSR count). The Morgan fingerprint density at radius 2 is 2.11 bits per heavy atom. The van der Waals surface area contributed by atoms with Crippen molar-refractivity contribution in [3.05, 3.63) is 51.0 Å². The van der Waals surface area contributed by atoms with Gasteiger partial charge in [0.1, 0.15) is 18.1 Å². The number of amides is 1. The molecule has 19 heavy (non-hydrogen) atoms. The first-order chi connectivity index (χ1) is 9.10. The molecule has 1 amide bonds. The lowest BCUT2D eigenvalue weighted by molar-refractivity contribution is 0.0924. The van der Waals surface area contributed by atoms with Gasteiger partial charge >= 0.3 is 5.91 Å². The molecule has 0 spiro atoms. The highest BCUT2D eigenvalue weighted by Crippen LogP contribution is 2.19. The molecular weight excluding hydrogens is 359 g/mol. The van der Waals surface area contributed by atoms with Crippen molar-refractivity contribution in [1.82, 2.24) is 5.43 Å². The minimum atomic E-state index is -0.455. The Kier molecular flexibility index (Phi) is 4.43. The van der Waals surface area contributed by atoms with Gasteiger partial charge in [0.15, 0.2) is 5.76 Å². The van der Waals surface area contributed by atoms with Crippen LogP contribution >= 0.6 is 22.6 Å². The van der Waals surface area contributed by atoms with Crippen LogP contribution in [0.2, 0.25) is 0 Å². The molecule has 0 aliphatic rings. The zero-order valence-electron chi connectivity index (χ0n) is 10.3. The summed E-state index contributed by atoms with van der Waals surface area (Å²) in [5.41, 5.74) is 2.84. The smallest absolute Gasteiger partial charge is 0.300 e. The van der Waals surface area contributed by atoms with Gasteiger partial charge in [-0.3, -0.25) is 10.2 Å². The predicted molar refractivity (Wildman–Crippen MR) is 78.6 cm³/mol. The summed E-state index contributed by atoms with van der Waals surface area (Å²) in [6, 6.07) is 9.34. The van der Waals surface area contributed by atoms with Crippen molar-refractivity contribution in [2.45, 2.75) is 13.5 Å². The zero-order chi connectivity index (χ0) is 13.8. The second kappa shape index (κ2) is 6.07. The Labute approximate surface area is 124 Å². The molecule has 1 aromatic heterocycles. The maximum absolute atomic E-state index is 11.3. The molecule has 1 heterocycles. The fourth-order valence-corrected chi connectivity index (χ4v) is 1.90. The maximum atomic E-state index is 11.3. The van der Waals surface area contributed by atoms with Gasteiger partial charge in [0.25, 0.3) is 0 Å². The van der Waals surface area contributed by atoms with Crippen LogP contribution < -0.4 is 16.0 Å². The number of halogens is 1. The normalized spacial score (nSPS) is 10.3. The van der Waals surface area contributed by atoms with E-state index in [-0.39, 0.29) is 5.76 Å². The molecule has 0 saturated heterocycles. The van der Waals surface area contributed by atoms with Crippen LogP contribution in [0.1, 0.15) is 21.9 Å². The molecular formula is C13H13IN2O3. The molecule has 0 aliphatic carbocycles. The first-order valence-electron chi connectivity index (χ1n) is 5.59. The fourth-order valence-electron chi connectivity index (χ4n) is 1.54. The van der Waals surface area contributed by atoms with Crippen LogP contribution in [0.3, 0.4) is 0 Å². The van der Waals surface area contributed by atoms with Crippen molar-refractivity contribution in [1.29, 1.82) is 0 Å². The van der Waals surface area contributed by atoms with Crippen LogP contribution in [0.15, 0.2) is 34.7 Å². The van der Waals surface area contributed by atoms with Crippen molar-refractivity contribution < 1.29 is 13.9 Å². The lowest BCUT2D eigenvalue weighted by atomic mass is 10.2. The average Bonchev–Trinajstić information content (AvgIpc) is 2.79. The van der Waals surface area contributed by atoms with Gasteiger partial charge in [0.05, 0.1) is 0 Å². The molecule has 0 saturated carbocycles. The van der Waals surface area contributed by atoms with Gasteiger partial charge in [0, 0.05) is 9.13 Å². The number of nitrogen functional groups attached to an aromatic ring is 1. The third kappa shape index (κ3) is 3.48. The highest BCUT2D eigenvalue weighted by molar-refractivity contribution is 14.1.